The van der Waals surface area contributed by atoms with Gasteiger partial charge < -0.3 is 14.5 Å². The number of hydrogen-bond donors (Lipinski definition) is 0. The van der Waals surface area contributed by atoms with Gasteiger partial charge >= 0.3 is 0 Å². The minimum atomic E-state index is 0.710. The number of anilines is 2. The highest BCUT2D eigenvalue weighted by molar-refractivity contribution is 7.13. The van der Waals surface area contributed by atoms with Crippen LogP contribution < -0.4 is 9.80 Å². The van der Waals surface area contributed by atoms with Gasteiger partial charge in [-0.15, -0.1) is 11.3 Å². The van der Waals surface area contributed by atoms with Crippen LogP contribution in [0.25, 0.3) is 21.8 Å². The lowest BCUT2D eigenvalue weighted by molar-refractivity contribution is 0.122. The molecular weight excluding hydrogens is 384 g/mol. The van der Waals surface area contributed by atoms with Gasteiger partial charge in [0, 0.05) is 44.1 Å². The number of thiophene rings is 1. The molecule has 7 nitrogen and oxygen atoms in total. The highest BCUT2D eigenvalue weighted by Crippen LogP contribution is 2.34. The van der Waals surface area contributed by atoms with Gasteiger partial charge in [0.1, 0.15) is 0 Å². The molecular formula is C21H24N6OS. The quantitative estimate of drug-likeness (QED) is 0.655. The maximum absolute atomic E-state index is 5.45. The van der Waals surface area contributed by atoms with Crippen molar-refractivity contribution >= 4 is 23.2 Å². The Balaban J connectivity index is 1.54. The summed E-state index contributed by atoms with van der Waals surface area (Å²) >= 11 is 1.69. The van der Waals surface area contributed by atoms with Crippen molar-refractivity contribution in [1.82, 2.24) is 19.9 Å². The van der Waals surface area contributed by atoms with E-state index in [0.29, 0.717) is 13.2 Å². The Kier molecular flexibility index (Phi) is 5.36. The largest absolute Gasteiger partial charge is 0.378 e. The third kappa shape index (κ3) is 3.95. The molecule has 0 N–H and O–H groups in total. The number of piperidine rings is 1. The van der Waals surface area contributed by atoms with Crippen LogP contribution in [0.1, 0.15) is 19.3 Å². The monoisotopic (exact) mass is 408 g/mol. The molecule has 3 aromatic rings. The van der Waals surface area contributed by atoms with Gasteiger partial charge in [-0.1, -0.05) is 6.07 Å². The van der Waals surface area contributed by atoms with Crippen molar-refractivity contribution in [3.63, 3.8) is 0 Å². The highest BCUT2D eigenvalue weighted by atomic mass is 32.1. The van der Waals surface area contributed by atoms with Gasteiger partial charge in [0.05, 0.1) is 29.5 Å². The average molecular weight is 409 g/mol. The van der Waals surface area contributed by atoms with E-state index in [4.69, 9.17) is 19.7 Å². The summed E-state index contributed by atoms with van der Waals surface area (Å²) in [7, 11) is 0. The summed E-state index contributed by atoms with van der Waals surface area (Å²) in [5.41, 5.74) is 2.75. The van der Waals surface area contributed by atoms with Crippen LogP contribution in [0.4, 0.5) is 11.9 Å². The van der Waals surface area contributed by atoms with Crippen molar-refractivity contribution in [2.45, 2.75) is 19.3 Å². The summed E-state index contributed by atoms with van der Waals surface area (Å²) in [6, 6.07) is 6.12. The molecule has 0 atom stereocenters. The second kappa shape index (κ2) is 8.42. The molecule has 0 amide bonds. The first kappa shape index (κ1) is 18.4. The van der Waals surface area contributed by atoms with E-state index < -0.39 is 0 Å². The van der Waals surface area contributed by atoms with Gasteiger partial charge in [-0.25, -0.2) is 19.9 Å². The Morgan fingerprint density at radius 2 is 1.66 bits per heavy atom. The molecule has 2 fully saturated rings. The SMILES string of the molecule is c1csc(-c2nc(N3CCCCC3)ncc2-c2ccnc(N3CCOCC3)n2)c1. The Bertz CT molecular complexity index is 952. The zero-order chi connectivity index (χ0) is 19.5. The lowest BCUT2D eigenvalue weighted by Crippen LogP contribution is -2.37. The van der Waals surface area contributed by atoms with Crippen molar-refractivity contribution in [3.8, 4) is 21.8 Å². The summed E-state index contributed by atoms with van der Waals surface area (Å²) in [6.07, 6.45) is 7.45. The first-order chi connectivity index (χ1) is 14.4. The van der Waals surface area contributed by atoms with Crippen LogP contribution in [-0.4, -0.2) is 59.3 Å². The van der Waals surface area contributed by atoms with Crippen molar-refractivity contribution < 1.29 is 4.74 Å². The van der Waals surface area contributed by atoms with Crippen LogP contribution in [0.5, 0.6) is 0 Å². The van der Waals surface area contributed by atoms with Crippen molar-refractivity contribution in [1.29, 1.82) is 0 Å². The molecule has 2 aliphatic heterocycles. The maximum Gasteiger partial charge on any atom is 0.226 e. The van der Waals surface area contributed by atoms with E-state index in [1.165, 1.54) is 19.3 Å². The smallest absolute Gasteiger partial charge is 0.226 e. The summed E-state index contributed by atoms with van der Waals surface area (Å²) < 4.78 is 5.45. The molecule has 3 aromatic heterocycles. The third-order valence-corrected chi connectivity index (χ3v) is 6.26. The predicted molar refractivity (Wildman–Crippen MR) is 115 cm³/mol. The lowest BCUT2D eigenvalue weighted by Gasteiger charge is -2.27. The lowest BCUT2D eigenvalue weighted by atomic mass is 10.1. The topological polar surface area (TPSA) is 67.3 Å². The maximum atomic E-state index is 5.45. The summed E-state index contributed by atoms with van der Waals surface area (Å²) in [4.78, 5) is 24.6. The van der Waals surface area contributed by atoms with E-state index in [1.54, 1.807) is 11.3 Å². The molecule has 0 radical (unpaired) electrons. The molecule has 2 saturated heterocycles. The van der Waals surface area contributed by atoms with Gasteiger partial charge in [0.15, 0.2) is 0 Å². The molecule has 8 heteroatoms. The van der Waals surface area contributed by atoms with Crippen LogP contribution in [0.2, 0.25) is 0 Å². The molecule has 5 heterocycles. The van der Waals surface area contributed by atoms with Crippen LogP contribution in [0.3, 0.4) is 0 Å². The standard InChI is InChI=1S/C21H24N6OS/c1-2-8-26(9-3-1)21-23-15-16(19(25-21)18-5-4-14-29-18)17-6-7-22-20(24-17)27-10-12-28-13-11-27/h4-7,14-15H,1-3,8-13H2. The van der Waals surface area contributed by atoms with E-state index in [2.05, 4.69) is 32.3 Å². The Hall–Kier alpha value is -2.58. The second-order valence-corrected chi connectivity index (χ2v) is 8.25. The fraction of sp³-hybridized carbons (Fsp3) is 0.429. The zero-order valence-corrected chi connectivity index (χ0v) is 17.1. The Morgan fingerprint density at radius 3 is 2.45 bits per heavy atom. The first-order valence-electron chi connectivity index (χ1n) is 10.2. The number of morpholine rings is 1. The van der Waals surface area contributed by atoms with Gasteiger partial charge in [-0.2, -0.15) is 0 Å². The fourth-order valence-electron chi connectivity index (χ4n) is 3.82. The predicted octanol–water partition coefficient (Wildman–Crippen LogP) is 3.49. The minimum Gasteiger partial charge on any atom is -0.378 e. The van der Waals surface area contributed by atoms with Crippen LogP contribution in [0.15, 0.2) is 36.0 Å². The Labute approximate surface area is 174 Å². The first-order valence-corrected chi connectivity index (χ1v) is 11.1. The van der Waals surface area contributed by atoms with Crippen molar-refractivity contribution in [2.24, 2.45) is 0 Å². The van der Waals surface area contributed by atoms with E-state index in [1.807, 2.05) is 18.5 Å². The summed E-state index contributed by atoms with van der Waals surface area (Å²) in [5.74, 6) is 1.56. The number of aromatic nitrogens is 4. The van der Waals surface area contributed by atoms with E-state index in [9.17, 15) is 0 Å². The molecule has 2 aliphatic rings. The molecule has 0 aromatic carbocycles. The van der Waals surface area contributed by atoms with E-state index >= 15 is 0 Å². The number of rotatable bonds is 4. The molecule has 0 aliphatic carbocycles. The molecule has 0 spiro atoms. The van der Waals surface area contributed by atoms with Gasteiger partial charge in [-0.3, -0.25) is 0 Å². The molecule has 150 valence electrons. The van der Waals surface area contributed by atoms with Crippen molar-refractivity contribution in [2.75, 3.05) is 49.2 Å². The highest BCUT2D eigenvalue weighted by Gasteiger charge is 2.20. The fourth-order valence-corrected chi connectivity index (χ4v) is 4.55. The zero-order valence-electron chi connectivity index (χ0n) is 16.3. The average Bonchev–Trinajstić information content (AvgIpc) is 3.35. The number of ether oxygens (including phenoxy) is 1. The van der Waals surface area contributed by atoms with Crippen LogP contribution in [-0.2, 0) is 4.74 Å². The molecule has 29 heavy (non-hydrogen) atoms. The minimum absolute atomic E-state index is 0.710. The van der Waals surface area contributed by atoms with Gasteiger partial charge in [-0.05, 0) is 36.8 Å². The van der Waals surface area contributed by atoms with Gasteiger partial charge in [0.2, 0.25) is 11.9 Å². The van der Waals surface area contributed by atoms with Crippen LogP contribution in [0, 0.1) is 0 Å². The number of nitrogens with zero attached hydrogens (tertiary/aromatic N) is 6. The Morgan fingerprint density at radius 1 is 0.862 bits per heavy atom. The summed E-state index contributed by atoms with van der Waals surface area (Å²) in [5, 5.41) is 2.08. The third-order valence-electron chi connectivity index (χ3n) is 5.38. The van der Waals surface area contributed by atoms with Crippen molar-refractivity contribution in [3.05, 3.63) is 36.0 Å². The molecule has 5 rings (SSSR count). The molecule has 0 unspecified atom stereocenters. The molecule has 0 saturated carbocycles. The molecule has 0 bridgehead atoms. The second-order valence-electron chi connectivity index (χ2n) is 7.30. The summed E-state index contributed by atoms with van der Waals surface area (Å²) in [6.45, 7) is 5.09. The van der Waals surface area contributed by atoms with Gasteiger partial charge in [0.25, 0.3) is 0 Å². The van der Waals surface area contributed by atoms with E-state index in [0.717, 1.165) is 59.9 Å². The normalized spacial score (nSPS) is 17.5. The number of hydrogen-bond acceptors (Lipinski definition) is 8. The van der Waals surface area contributed by atoms with Crippen LogP contribution >= 0.6 is 11.3 Å². The van der Waals surface area contributed by atoms with E-state index in [-0.39, 0.29) is 0 Å².